The maximum absolute atomic E-state index is 12.5. The number of aromatic nitrogens is 1. The lowest BCUT2D eigenvalue weighted by atomic mass is 9.94. The van der Waals surface area contributed by atoms with Crippen LogP contribution in [0.4, 0.5) is 5.69 Å². The topological polar surface area (TPSA) is 54.5 Å². The molecule has 1 fully saturated rings. The van der Waals surface area contributed by atoms with Crippen LogP contribution in [0.3, 0.4) is 0 Å². The Labute approximate surface area is 175 Å². The molecule has 146 valence electrons. The lowest BCUT2D eigenvalue weighted by Gasteiger charge is -2.39. The summed E-state index contributed by atoms with van der Waals surface area (Å²) in [6.07, 6.45) is 2.80. The predicted molar refractivity (Wildman–Crippen MR) is 119 cm³/mol. The zero-order chi connectivity index (χ0) is 19.6. The van der Waals surface area contributed by atoms with E-state index in [1.807, 2.05) is 12.1 Å². The lowest BCUT2D eigenvalue weighted by Crippen LogP contribution is -2.52. The van der Waals surface area contributed by atoms with Crippen molar-refractivity contribution in [1.29, 1.82) is 0 Å². The van der Waals surface area contributed by atoms with Gasteiger partial charge in [0.05, 0.1) is 11.0 Å². The number of fused-ring (bicyclic) bond motifs is 1. The zero-order valence-electron chi connectivity index (χ0n) is 16.4. The van der Waals surface area contributed by atoms with Crippen LogP contribution in [0.25, 0.3) is 10.9 Å². The summed E-state index contributed by atoms with van der Waals surface area (Å²) in [6.45, 7) is 8.21. The van der Waals surface area contributed by atoms with Crippen LogP contribution in [-0.4, -0.2) is 41.1 Å². The van der Waals surface area contributed by atoms with Crippen molar-refractivity contribution < 1.29 is 9.53 Å². The molecule has 27 heavy (non-hydrogen) atoms. The lowest BCUT2D eigenvalue weighted by molar-refractivity contribution is -0.121. The normalized spacial score (nSPS) is 21.3. The highest BCUT2D eigenvalue weighted by Gasteiger charge is 2.29. The molecule has 5 nitrogen and oxygen atoms in total. The Bertz CT molecular complexity index is 811. The summed E-state index contributed by atoms with van der Waals surface area (Å²) < 4.78 is 5.47. The van der Waals surface area contributed by atoms with Gasteiger partial charge in [-0.3, -0.25) is 9.78 Å². The van der Waals surface area contributed by atoms with E-state index in [-0.39, 0.29) is 15.9 Å². The average molecular weight is 481 g/mol. The van der Waals surface area contributed by atoms with E-state index in [4.69, 9.17) is 4.74 Å². The number of hydrogen-bond donors (Lipinski definition) is 1. The number of benzene rings is 1. The number of methoxy groups -OCH3 is 1. The third kappa shape index (κ3) is 4.47. The Morgan fingerprint density at radius 1 is 1.33 bits per heavy atom. The fourth-order valence-corrected chi connectivity index (χ4v) is 3.99. The van der Waals surface area contributed by atoms with Crippen molar-refractivity contribution in [1.82, 2.24) is 10.3 Å². The number of halogens is 1. The minimum Gasteiger partial charge on any atom is -0.494 e. The molecule has 2 aromatic rings. The first-order valence-electron chi connectivity index (χ1n) is 9.51. The van der Waals surface area contributed by atoms with Gasteiger partial charge in [-0.15, -0.1) is 0 Å². The van der Waals surface area contributed by atoms with Crippen LogP contribution in [0, 0.1) is 11.8 Å². The molecule has 2 heterocycles. The largest absolute Gasteiger partial charge is 0.494 e. The van der Waals surface area contributed by atoms with E-state index in [1.54, 1.807) is 13.3 Å². The van der Waals surface area contributed by atoms with Crippen molar-refractivity contribution >= 4 is 45.1 Å². The number of nitrogens with one attached hydrogen (secondary N) is 1. The van der Waals surface area contributed by atoms with Gasteiger partial charge in [0, 0.05) is 36.4 Å². The number of carbonyl (C=O) groups excluding carboxylic acids is 1. The quantitative estimate of drug-likeness (QED) is 0.518. The highest BCUT2D eigenvalue weighted by Crippen LogP contribution is 2.34. The molecule has 6 heteroatoms. The van der Waals surface area contributed by atoms with Crippen LogP contribution in [0.1, 0.15) is 27.2 Å². The number of piperidine rings is 1. The van der Waals surface area contributed by atoms with Gasteiger partial charge in [0.1, 0.15) is 11.3 Å². The fraction of sp³-hybridized carbons (Fsp3) is 0.524. The van der Waals surface area contributed by atoms with E-state index in [1.165, 1.54) is 0 Å². The SMILES string of the molecule is COc1ccc(N2C[C@@H](C)C[C@@H](NC(=O)[C@@H](I)C(C)C)C2)c2cccnc12. The van der Waals surface area contributed by atoms with E-state index >= 15 is 0 Å². The molecular weight excluding hydrogens is 453 g/mol. The van der Waals surface area contributed by atoms with Crippen molar-refractivity contribution in [3.05, 3.63) is 30.5 Å². The van der Waals surface area contributed by atoms with Crippen molar-refractivity contribution in [2.24, 2.45) is 11.8 Å². The maximum atomic E-state index is 12.5. The maximum Gasteiger partial charge on any atom is 0.233 e. The number of alkyl halides is 1. The summed E-state index contributed by atoms with van der Waals surface area (Å²) >= 11 is 2.25. The van der Waals surface area contributed by atoms with Crippen LogP contribution in [0.15, 0.2) is 30.5 Å². The molecule has 0 saturated carbocycles. The highest BCUT2D eigenvalue weighted by atomic mass is 127. The van der Waals surface area contributed by atoms with E-state index in [0.717, 1.165) is 41.9 Å². The predicted octanol–water partition coefficient (Wildman–Crippen LogP) is 4.03. The summed E-state index contributed by atoms with van der Waals surface area (Å²) in [5.74, 6) is 1.77. The summed E-state index contributed by atoms with van der Waals surface area (Å²) in [4.78, 5) is 19.4. The Morgan fingerprint density at radius 2 is 2.11 bits per heavy atom. The molecule has 1 aliphatic heterocycles. The number of pyridine rings is 1. The molecule has 1 aromatic heterocycles. The van der Waals surface area contributed by atoms with Crippen LogP contribution in [0.2, 0.25) is 0 Å². The van der Waals surface area contributed by atoms with Crippen molar-refractivity contribution in [3.8, 4) is 5.75 Å². The smallest absolute Gasteiger partial charge is 0.233 e. The molecule has 0 spiro atoms. The van der Waals surface area contributed by atoms with E-state index in [9.17, 15) is 4.79 Å². The summed E-state index contributed by atoms with van der Waals surface area (Å²) in [5.41, 5.74) is 2.03. The molecule has 1 aromatic carbocycles. The van der Waals surface area contributed by atoms with Crippen molar-refractivity contribution in [2.45, 2.75) is 37.2 Å². The zero-order valence-corrected chi connectivity index (χ0v) is 18.6. The molecule has 1 aliphatic rings. The second-order valence-electron chi connectivity index (χ2n) is 7.78. The van der Waals surface area contributed by atoms with Crippen LogP contribution < -0.4 is 15.0 Å². The number of carbonyl (C=O) groups is 1. The third-order valence-electron chi connectivity index (χ3n) is 5.11. The molecule has 1 N–H and O–H groups in total. The van der Waals surface area contributed by atoms with E-state index in [0.29, 0.717) is 11.8 Å². The molecule has 3 rings (SSSR count). The molecule has 1 amide bonds. The Kier molecular flexibility index (Phi) is 6.44. The Hall–Kier alpha value is -1.57. The highest BCUT2D eigenvalue weighted by molar-refractivity contribution is 14.1. The first kappa shape index (κ1) is 20.2. The Balaban J connectivity index is 1.85. The van der Waals surface area contributed by atoms with Gasteiger partial charge in [-0.05, 0) is 42.5 Å². The number of anilines is 1. The number of hydrogen-bond acceptors (Lipinski definition) is 4. The first-order chi connectivity index (χ1) is 12.9. The third-order valence-corrected chi connectivity index (χ3v) is 7.12. The van der Waals surface area contributed by atoms with Gasteiger partial charge >= 0.3 is 0 Å². The second-order valence-corrected chi connectivity index (χ2v) is 9.13. The monoisotopic (exact) mass is 481 g/mol. The fourth-order valence-electron chi connectivity index (χ4n) is 3.81. The molecule has 0 bridgehead atoms. The minimum atomic E-state index is -0.000649. The average Bonchev–Trinajstić information content (AvgIpc) is 2.65. The summed E-state index contributed by atoms with van der Waals surface area (Å²) in [7, 11) is 1.67. The molecule has 1 saturated heterocycles. The van der Waals surface area contributed by atoms with Crippen molar-refractivity contribution in [2.75, 3.05) is 25.1 Å². The minimum absolute atomic E-state index is 0.000649. The Morgan fingerprint density at radius 3 is 2.81 bits per heavy atom. The molecule has 3 atom stereocenters. The van der Waals surface area contributed by atoms with Gasteiger partial charge in [-0.2, -0.15) is 0 Å². The van der Waals surface area contributed by atoms with Crippen molar-refractivity contribution in [3.63, 3.8) is 0 Å². The number of nitrogens with zero attached hydrogens (tertiary/aromatic N) is 2. The van der Waals surface area contributed by atoms with Crippen LogP contribution in [-0.2, 0) is 4.79 Å². The summed E-state index contributed by atoms with van der Waals surface area (Å²) in [5, 5.41) is 4.36. The van der Waals surface area contributed by atoms with Gasteiger partial charge in [0.2, 0.25) is 5.91 Å². The number of amides is 1. The summed E-state index contributed by atoms with van der Waals surface area (Å²) in [6, 6.07) is 8.30. The number of rotatable bonds is 5. The second kappa shape index (κ2) is 8.63. The molecule has 0 aliphatic carbocycles. The van der Waals surface area contributed by atoms with Gasteiger partial charge < -0.3 is 15.0 Å². The van der Waals surface area contributed by atoms with E-state index < -0.39 is 0 Å². The van der Waals surface area contributed by atoms with Gasteiger partial charge in [0.15, 0.2) is 0 Å². The molecule has 0 unspecified atom stereocenters. The first-order valence-corrected chi connectivity index (χ1v) is 10.8. The molecular formula is C21H28IN3O2. The van der Waals surface area contributed by atoms with Gasteiger partial charge in [0.25, 0.3) is 0 Å². The van der Waals surface area contributed by atoms with Crippen LogP contribution in [0.5, 0.6) is 5.75 Å². The van der Waals surface area contributed by atoms with Gasteiger partial charge in [-0.25, -0.2) is 0 Å². The van der Waals surface area contributed by atoms with Gasteiger partial charge in [-0.1, -0.05) is 43.4 Å². The van der Waals surface area contributed by atoms with E-state index in [2.05, 4.69) is 70.7 Å². The standard InChI is InChI=1S/C21H28IN3O2/c1-13(2)19(22)21(26)24-15-10-14(3)11-25(12-15)17-7-8-18(27-4)20-16(17)6-5-9-23-20/h5-9,13-15,19H,10-12H2,1-4H3,(H,24,26)/t14-,15+,19-/m0/s1. The van der Waals surface area contributed by atoms with Crippen LogP contribution >= 0.6 is 22.6 Å². The molecule has 0 radical (unpaired) electrons. The number of ether oxygens (including phenoxy) is 1.